The van der Waals surface area contributed by atoms with E-state index in [4.69, 9.17) is 14.2 Å². The topological polar surface area (TPSA) is 106 Å². The van der Waals surface area contributed by atoms with E-state index in [-0.39, 0.29) is 11.5 Å². The van der Waals surface area contributed by atoms with Gasteiger partial charge in [0.05, 0.1) is 25.0 Å². The van der Waals surface area contributed by atoms with E-state index in [0.717, 1.165) is 0 Å². The molecular formula is C25H24N2O6. The standard InChI is InChI=1S/C25H24N2O6/c1-3-31-21-12-8-19(9-13-21)25(30)33-22-14-5-17(15-23(22)32-4-2)16-26-27-24(29)18-6-10-20(28)11-7-18/h5-16,28H,3-4H2,1-2H3,(H,27,29)/b26-16-. The lowest BCUT2D eigenvalue weighted by Gasteiger charge is -2.11. The molecule has 0 aliphatic heterocycles. The predicted octanol–water partition coefficient (Wildman–Crippen LogP) is 4.17. The highest BCUT2D eigenvalue weighted by molar-refractivity contribution is 5.95. The van der Waals surface area contributed by atoms with Crippen LogP contribution < -0.4 is 19.6 Å². The summed E-state index contributed by atoms with van der Waals surface area (Å²) in [4.78, 5) is 24.6. The van der Waals surface area contributed by atoms with Gasteiger partial charge in [-0.25, -0.2) is 10.2 Å². The van der Waals surface area contributed by atoms with Crippen molar-refractivity contribution in [2.24, 2.45) is 5.10 Å². The molecule has 0 atom stereocenters. The number of hydrogen-bond acceptors (Lipinski definition) is 7. The molecule has 0 aliphatic carbocycles. The van der Waals surface area contributed by atoms with Crippen LogP contribution in [0.25, 0.3) is 0 Å². The molecule has 0 bridgehead atoms. The lowest BCUT2D eigenvalue weighted by Crippen LogP contribution is -2.17. The van der Waals surface area contributed by atoms with Crippen LogP contribution in [0.4, 0.5) is 0 Å². The highest BCUT2D eigenvalue weighted by atomic mass is 16.6. The summed E-state index contributed by atoms with van der Waals surface area (Å²) in [5.41, 5.74) is 3.78. The van der Waals surface area contributed by atoms with Crippen LogP contribution in [0.1, 0.15) is 40.1 Å². The Morgan fingerprint density at radius 3 is 2.21 bits per heavy atom. The number of hydrogen-bond donors (Lipinski definition) is 2. The van der Waals surface area contributed by atoms with Gasteiger partial charge in [-0.2, -0.15) is 5.10 Å². The molecule has 0 saturated carbocycles. The molecule has 170 valence electrons. The van der Waals surface area contributed by atoms with Crippen LogP contribution in [0.5, 0.6) is 23.0 Å². The van der Waals surface area contributed by atoms with Crippen LogP contribution in [0.2, 0.25) is 0 Å². The minimum Gasteiger partial charge on any atom is -0.508 e. The third kappa shape index (κ3) is 6.57. The molecule has 2 N–H and O–H groups in total. The molecule has 0 aromatic heterocycles. The number of amides is 1. The van der Waals surface area contributed by atoms with E-state index in [2.05, 4.69) is 10.5 Å². The Morgan fingerprint density at radius 1 is 0.879 bits per heavy atom. The van der Waals surface area contributed by atoms with Crippen LogP contribution in [0.3, 0.4) is 0 Å². The van der Waals surface area contributed by atoms with E-state index >= 15 is 0 Å². The van der Waals surface area contributed by atoms with Crippen molar-refractivity contribution in [3.63, 3.8) is 0 Å². The summed E-state index contributed by atoms with van der Waals surface area (Å²) in [5.74, 6) is 0.428. The smallest absolute Gasteiger partial charge is 0.343 e. The van der Waals surface area contributed by atoms with E-state index in [9.17, 15) is 14.7 Å². The summed E-state index contributed by atoms with van der Waals surface area (Å²) in [7, 11) is 0. The number of esters is 1. The second-order valence-corrected chi connectivity index (χ2v) is 6.73. The second kappa shape index (κ2) is 11.3. The van der Waals surface area contributed by atoms with Crippen molar-refractivity contribution in [1.29, 1.82) is 0 Å². The number of benzene rings is 3. The molecule has 0 heterocycles. The maximum atomic E-state index is 12.5. The van der Waals surface area contributed by atoms with Crippen LogP contribution in [-0.2, 0) is 0 Å². The van der Waals surface area contributed by atoms with Crippen LogP contribution in [0.15, 0.2) is 71.8 Å². The Kier molecular flexibility index (Phi) is 8.02. The van der Waals surface area contributed by atoms with Gasteiger partial charge in [0, 0.05) is 5.56 Å². The molecule has 0 spiro atoms. The molecule has 33 heavy (non-hydrogen) atoms. The number of carbonyl (C=O) groups excluding carboxylic acids is 2. The van der Waals surface area contributed by atoms with Gasteiger partial charge in [0.1, 0.15) is 11.5 Å². The summed E-state index contributed by atoms with van der Waals surface area (Å²) in [5, 5.41) is 13.2. The highest BCUT2D eigenvalue weighted by Crippen LogP contribution is 2.29. The number of nitrogens with one attached hydrogen (secondary N) is 1. The van der Waals surface area contributed by atoms with Gasteiger partial charge < -0.3 is 19.3 Å². The fraction of sp³-hybridized carbons (Fsp3) is 0.160. The first-order chi connectivity index (χ1) is 16.0. The Hall–Kier alpha value is -4.33. The van der Waals surface area contributed by atoms with Crippen LogP contribution in [-0.4, -0.2) is 36.4 Å². The largest absolute Gasteiger partial charge is 0.508 e. The molecule has 3 aromatic rings. The zero-order valence-electron chi connectivity index (χ0n) is 18.3. The SMILES string of the molecule is CCOc1ccc(C(=O)Oc2ccc(/C=N\NC(=O)c3ccc(O)cc3)cc2OCC)cc1. The lowest BCUT2D eigenvalue weighted by atomic mass is 10.2. The van der Waals surface area contributed by atoms with E-state index < -0.39 is 11.9 Å². The van der Waals surface area contributed by atoms with Gasteiger partial charge >= 0.3 is 5.97 Å². The fourth-order valence-corrected chi connectivity index (χ4v) is 2.81. The quantitative estimate of drug-likeness (QED) is 0.220. The molecule has 0 aliphatic rings. The lowest BCUT2D eigenvalue weighted by molar-refractivity contribution is 0.0728. The average molecular weight is 448 g/mol. The monoisotopic (exact) mass is 448 g/mol. The van der Waals surface area contributed by atoms with E-state index in [1.165, 1.54) is 30.5 Å². The van der Waals surface area contributed by atoms with Crippen molar-refractivity contribution < 1.29 is 28.9 Å². The number of ether oxygens (including phenoxy) is 3. The molecule has 0 unspecified atom stereocenters. The van der Waals surface area contributed by atoms with E-state index in [1.807, 2.05) is 13.8 Å². The number of nitrogens with zero attached hydrogens (tertiary/aromatic N) is 1. The molecule has 0 radical (unpaired) electrons. The molecule has 8 heteroatoms. The Morgan fingerprint density at radius 2 is 1.55 bits per heavy atom. The Balaban J connectivity index is 1.67. The molecule has 3 aromatic carbocycles. The van der Waals surface area contributed by atoms with Gasteiger partial charge in [0.2, 0.25) is 0 Å². The molecule has 1 amide bonds. The summed E-state index contributed by atoms with van der Waals surface area (Å²) in [6.45, 7) is 4.61. The van der Waals surface area contributed by atoms with E-state index in [1.54, 1.807) is 42.5 Å². The molecule has 3 rings (SSSR count). The van der Waals surface area contributed by atoms with Crippen LogP contribution in [0, 0.1) is 0 Å². The first-order valence-electron chi connectivity index (χ1n) is 10.3. The fourth-order valence-electron chi connectivity index (χ4n) is 2.81. The van der Waals surface area contributed by atoms with Crippen molar-refractivity contribution in [3.05, 3.63) is 83.4 Å². The van der Waals surface area contributed by atoms with Gasteiger partial charge in [-0.3, -0.25) is 4.79 Å². The number of phenols is 1. The minimum absolute atomic E-state index is 0.0711. The maximum absolute atomic E-state index is 12.5. The summed E-state index contributed by atoms with van der Waals surface area (Å²) in [6, 6.07) is 17.4. The van der Waals surface area contributed by atoms with Gasteiger partial charge in [0.15, 0.2) is 11.5 Å². The maximum Gasteiger partial charge on any atom is 0.343 e. The minimum atomic E-state index is -0.526. The molecule has 8 nitrogen and oxygen atoms in total. The zero-order chi connectivity index (χ0) is 23.6. The Labute approximate surface area is 191 Å². The van der Waals surface area contributed by atoms with Crippen molar-refractivity contribution in [2.45, 2.75) is 13.8 Å². The predicted molar refractivity (Wildman–Crippen MR) is 123 cm³/mol. The second-order valence-electron chi connectivity index (χ2n) is 6.73. The molecule has 0 fully saturated rings. The average Bonchev–Trinajstić information content (AvgIpc) is 2.82. The zero-order valence-corrected chi connectivity index (χ0v) is 18.3. The molecule has 0 saturated heterocycles. The first kappa shape index (κ1) is 23.3. The third-order valence-electron chi connectivity index (χ3n) is 4.38. The van der Waals surface area contributed by atoms with Crippen molar-refractivity contribution in [3.8, 4) is 23.0 Å². The molecular weight excluding hydrogens is 424 g/mol. The number of carbonyl (C=O) groups is 2. The van der Waals surface area contributed by atoms with Crippen molar-refractivity contribution >= 4 is 18.1 Å². The van der Waals surface area contributed by atoms with Crippen molar-refractivity contribution in [2.75, 3.05) is 13.2 Å². The number of aromatic hydroxyl groups is 1. The van der Waals surface area contributed by atoms with Crippen LogP contribution >= 0.6 is 0 Å². The summed E-state index contributed by atoms with van der Waals surface area (Å²) < 4.78 is 16.5. The normalized spacial score (nSPS) is 10.6. The highest BCUT2D eigenvalue weighted by Gasteiger charge is 2.13. The summed E-state index contributed by atoms with van der Waals surface area (Å²) >= 11 is 0. The number of rotatable bonds is 9. The third-order valence-corrected chi connectivity index (χ3v) is 4.38. The first-order valence-corrected chi connectivity index (χ1v) is 10.3. The number of hydrazone groups is 1. The van der Waals surface area contributed by atoms with Gasteiger partial charge in [-0.1, -0.05) is 0 Å². The Bertz CT molecular complexity index is 1120. The number of phenolic OH excluding ortho intramolecular Hbond substituents is 1. The van der Waals surface area contributed by atoms with Gasteiger partial charge in [-0.05, 0) is 86.1 Å². The van der Waals surface area contributed by atoms with Gasteiger partial charge in [0.25, 0.3) is 5.91 Å². The van der Waals surface area contributed by atoms with Crippen molar-refractivity contribution in [1.82, 2.24) is 5.43 Å². The van der Waals surface area contributed by atoms with Gasteiger partial charge in [-0.15, -0.1) is 0 Å². The summed E-state index contributed by atoms with van der Waals surface area (Å²) in [6.07, 6.45) is 1.44. The van der Waals surface area contributed by atoms with E-state index in [0.29, 0.717) is 41.4 Å².